The Morgan fingerprint density at radius 1 is 1.19 bits per heavy atom. The molecule has 0 atom stereocenters. The molecule has 0 fully saturated rings. The van der Waals surface area contributed by atoms with Crippen LogP contribution in [0.2, 0.25) is 0 Å². The van der Waals surface area contributed by atoms with Crippen molar-refractivity contribution in [2.75, 3.05) is 11.9 Å². The van der Waals surface area contributed by atoms with Crippen molar-refractivity contribution in [1.29, 1.82) is 0 Å². The highest BCUT2D eigenvalue weighted by atomic mass is 16.2. The second-order valence-corrected chi connectivity index (χ2v) is 5.91. The standard InChI is InChI=1S/C18H20N6O2/c1-24(12-13-6-3-2-4-7-13)17-14(8-5-9-19-17)11-20-16(25)10-15-21-18(26)23-22-15/h2-9H,10-12H2,1H3,(H,20,25)(H2,21,22,23,26). The molecule has 0 aliphatic rings. The topological polar surface area (TPSA) is 107 Å². The van der Waals surface area contributed by atoms with Gasteiger partial charge in [-0.15, -0.1) is 0 Å². The summed E-state index contributed by atoms with van der Waals surface area (Å²) in [5.74, 6) is 0.887. The molecule has 1 amide bonds. The summed E-state index contributed by atoms with van der Waals surface area (Å²) in [4.78, 5) is 32.0. The first-order chi connectivity index (χ1) is 12.6. The van der Waals surface area contributed by atoms with Gasteiger partial charge in [-0.25, -0.2) is 14.9 Å². The number of carbonyl (C=O) groups is 1. The predicted octanol–water partition coefficient (Wildman–Crippen LogP) is 0.988. The Bertz CT molecular complexity index is 918. The molecule has 8 nitrogen and oxygen atoms in total. The van der Waals surface area contributed by atoms with Crippen molar-refractivity contribution in [2.24, 2.45) is 0 Å². The smallest absolute Gasteiger partial charge is 0.340 e. The van der Waals surface area contributed by atoms with Crippen LogP contribution in [0.1, 0.15) is 17.0 Å². The number of anilines is 1. The minimum absolute atomic E-state index is 0.00813. The van der Waals surface area contributed by atoms with Gasteiger partial charge in [-0.3, -0.25) is 9.78 Å². The van der Waals surface area contributed by atoms with E-state index in [-0.39, 0.29) is 12.3 Å². The molecule has 0 saturated carbocycles. The van der Waals surface area contributed by atoms with Crippen LogP contribution >= 0.6 is 0 Å². The quantitative estimate of drug-likeness (QED) is 0.588. The van der Waals surface area contributed by atoms with Gasteiger partial charge in [0.2, 0.25) is 5.91 Å². The number of aromatic nitrogens is 4. The van der Waals surface area contributed by atoms with Gasteiger partial charge in [0.15, 0.2) is 0 Å². The molecule has 0 aliphatic carbocycles. The SMILES string of the molecule is CN(Cc1ccccc1)c1ncccc1CNC(=O)Cc1n[nH]c(=O)[nH]1. The fourth-order valence-electron chi connectivity index (χ4n) is 2.64. The number of benzene rings is 1. The van der Waals surface area contributed by atoms with Crippen molar-refractivity contribution in [1.82, 2.24) is 25.5 Å². The van der Waals surface area contributed by atoms with Gasteiger partial charge in [0.25, 0.3) is 0 Å². The molecular formula is C18H20N6O2. The Balaban J connectivity index is 1.63. The zero-order chi connectivity index (χ0) is 18.4. The maximum absolute atomic E-state index is 12.0. The number of H-pyrrole nitrogens is 2. The summed E-state index contributed by atoms with van der Waals surface area (Å²) in [7, 11) is 1.97. The third-order valence-corrected chi connectivity index (χ3v) is 3.85. The van der Waals surface area contributed by atoms with E-state index in [0.29, 0.717) is 18.9 Å². The zero-order valence-electron chi connectivity index (χ0n) is 14.4. The molecule has 3 aromatic rings. The molecule has 1 aromatic carbocycles. The second kappa shape index (κ2) is 8.11. The van der Waals surface area contributed by atoms with E-state index in [2.05, 4.69) is 37.6 Å². The van der Waals surface area contributed by atoms with E-state index >= 15 is 0 Å². The molecular weight excluding hydrogens is 332 g/mol. The summed E-state index contributed by atoms with van der Waals surface area (Å²) in [5, 5.41) is 8.80. The summed E-state index contributed by atoms with van der Waals surface area (Å²) < 4.78 is 0. The van der Waals surface area contributed by atoms with Crippen LogP contribution in [0.3, 0.4) is 0 Å². The van der Waals surface area contributed by atoms with E-state index in [1.54, 1.807) is 6.20 Å². The highest BCUT2D eigenvalue weighted by Gasteiger charge is 2.11. The minimum Gasteiger partial charge on any atom is -0.355 e. The monoisotopic (exact) mass is 352 g/mol. The first-order valence-electron chi connectivity index (χ1n) is 8.21. The molecule has 3 N–H and O–H groups in total. The lowest BCUT2D eigenvalue weighted by atomic mass is 10.2. The van der Waals surface area contributed by atoms with Crippen LogP contribution < -0.4 is 15.9 Å². The summed E-state index contributed by atoms with van der Waals surface area (Å²) in [5.41, 5.74) is 1.66. The lowest BCUT2D eigenvalue weighted by molar-refractivity contribution is -0.120. The van der Waals surface area contributed by atoms with Crippen molar-refractivity contribution >= 4 is 11.7 Å². The van der Waals surface area contributed by atoms with E-state index in [1.807, 2.05) is 42.3 Å². The van der Waals surface area contributed by atoms with Gasteiger partial charge in [-0.05, 0) is 11.6 Å². The fraction of sp³-hybridized carbons (Fsp3) is 0.222. The average Bonchev–Trinajstić information content (AvgIpc) is 3.05. The molecule has 3 rings (SSSR count). The zero-order valence-corrected chi connectivity index (χ0v) is 14.4. The Labute approximate surface area is 150 Å². The normalized spacial score (nSPS) is 10.5. The molecule has 26 heavy (non-hydrogen) atoms. The number of carbonyl (C=O) groups excluding carboxylic acids is 1. The Morgan fingerprint density at radius 2 is 2.00 bits per heavy atom. The summed E-state index contributed by atoms with van der Waals surface area (Å²) in [6.45, 7) is 1.06. The first-order valence-corrected chi connectivity index (χ1v) is 8.21. The van der Waals surface area contributed by atoms with Gasteiger partial charge in [0, 0.05) is 31.9 Å². The molecule has 0 unspecified atom stereocenters. The number of nitrogens with one attached hydrogen (secondary N) is 3. The van der Waals surface area contributed by atoms with Gasteiger partial charge in [0.05, 0.1) is 6.42 Å². The number of hydrogen-bond acceptors (Lipinski definition) is 5. The van der Waals surface area contributed by atoms with Crippen LogP contribution in [-0.2, 0) is 24.3 Å². The first kappa shape index (κ1) is 17.4. The number of rotatable bonds is 7. The molecule has 2 aromatic heterocycles. The third kappa shape index (κ3) is 4.56. The van der Waals surface area contributed by atoms with Crippen molar-refractivity contribution in [3.05, 3.63) is 76.1 Å². The van der Waals surface area contributed by atoms with Crippen molar-refractivity contribution < 1.29 is 4.79 Å². The van der Waals surface area contributed by atoms with Crippen LogP contribution in [0.25, 0.3) is 0 Å². The predicted molar refractivity (Wildman–Crippen MR) is 97.5 cm³/mol. The summed E-state index contributed by atoms with van der Waals surface area (Å²) >= 11 is 0. The molecule has 0 saturated heterocycles. The summed E-state index contributed by atoms with van der Waals surface area (Å²) in [6.07, 6.45) is 1.74. The van der Waals surface area contributed by atoms with Gasteiger partial charge in [-0.2, -0.15) is 5.10 Å². The van der Waals surface area contributed by atoms with Gasteiger partial charge < -0.3 is 10.2 Å². The molecule has 2 heterocycles. The molecule has 0 bridgehead atoms. The Hall–Kier alpha value is -3.42. The Morgan fingerprint density at radius 3 is 2.73 bits per heavy atom. The maximum atomic E-state index is 12.0. The summed E-state index contributed by atoms with van der Waals surface area (Å²) in [6, 6.07) is 13.9. The van der Waals surface area contributed by atoms with E-state index in [9.17, 15) is 9.59 Å². The highest BCUT2D eigenvalue weighted by molar-refractivity contribution is 5.77. The fourth-order valence-corrected chi connectivity index (χ4v) is 2.64. The maximum Gasteiger partial charge on any atom is 0.340 e. The molecule has 0 radical (unpaired) electrons. The highest BCUT2D eigenvalue weighted by Crippen LogP contribution is 2.18. The van der Waals surface area contributed by atoms with Crippen LogP contribution in [0.5, 0.6) is 0 Å². The van der Waals surface area contributed by atoms with Crippen LogP contribution in [-0.4, -0.2) is 33.1 Å². The van der Waals surface area contributed by atoms with E-state index in [4.69, 9.17) is 0 Å². The number of nitrogens with zero attached hydrogens (tertiary/aromatic N) is 3. The molecule has 0 aliphatic heterocycles. The number of pyridine rings is 1. The number of hydrogen-bond donors (Lipinski definition) is 3. The lowest BCUT2D eigenvalue weighted by Crippen LogP contribution is -2.27. The Kier molecular flexibility index (Phi) is 5.43. The van der Waals surface area contributed by atoms with E-state index in [0.717, 1.165) is 11.4 Å². The van der Waals surface area contributed by atoms with Crippen LogP contribution in [0, 0.1) is 0 Å². The molecule has 0 spiro atoms. The third-order valence-electron chi connectivity index (χ3n) is 3.85. The minimum atomic E-state index is -0.426. The van der Waals surface area contributed by atoms with E-state index < -0.39 is 5.69 Å². The molecule has 134 valence electrons. The van der Waals surface area contributed by atoms with Crippen molar-refractivity contribution in [3.8, 4) is 0 Å². The van der Waals surface area contributed by atoms with E-state index in [1.165, 1.54) is 5.56 Å². The second-order valence-electron chi connectivity index (χ2n) is 5.91. The van der Waals surface area contributed by atoms with Crippen molar-refractivity contribution in [2.45, 2.75) is 19.5 Å². The largest absolute Gasteiger partial charge is 0.355 e. The van der Waals surface area contributed by atoms with Crippen molar-refractivity contribution in [3.63, 3.8) is 0 Å². The van der Waals surface area contributed by atoms with Gasteiger partial charge in [-0.1, -0.05) is 36.4 Å². The average molecular weight is 352 g/mol. The lowest BCUT2D eigenvalue weighted by Gasteiger charge is -2.21. The van der Waals surface area contributed by atoms with Crippen LogP contribution in [0.15, 0.2) is 53.5 Å². The molecule has 8 heteroatoms. The number of aromatic amines is 2. The van der Waals surface area contributed by atoms with Crippen LogP contribution in [0.4, 0.5) is 5.82 Å². The van der Waals surface area contributed by atoms with Gasteiger partial charge >= 0.3 is 5.69 Å². The number of amides is 1. The van der Waals surface area contributed by atoms with Gasteiger partial charge in [0.1, 0.15) is 11.6 Å².